The van der Waals surface area contributed by atoms with Crippen molar-refractivity contribution in [2.75, 3.05) is 4.90 Å². The molecule has 0 aliphatic carbocycles. The van der Waals surface area contributed by atoms with Gasteiger partial charge < -0.3 is 10.1 Å². The summed E-state index contributed by atoms with van der Waals surface area (Å²) in [5, 5.41) is 2.99. The molecule has 1 N–H and O–H groups in total. The highest BCUT2D eigenvalue weighted by atomic mass is 32.1. The van der Waals surface area contributed by atoms with Crippen LogP contribution >= 0.6 is 12.2 Å². The van der Waals surface area contributed by atoms with Crippen LogP contribution in [0.15, 0.2) is 78.6 Å². The molecule has 3 aromatic rings. The summed E-state index contributed by atoms with van der Waals surface area (Å²) in [4.78, 5) is 18.1. The molecular weight excluding hydrogens is 389 g/mol. The van der Waals surface area contributed by atoms with Crippen LogP contribution in [0.1, 0.15) is 11.3 Å². The lowest BCUT2D eigenvalue weighted by Gasteiger charge is -2.14. The van der Waals surface area contributed by atoms with Crippen LogP contribution in [0.4, 0.5) is 10.1 Å². The predicted octanol–water partition coefficient (Wildman–Crippen LogP) is 4.06. The van der Waals surface area contributed by atoms with Gasteiger partial charge in [-0.2, -0.15) is 0 Å². The summed E-state index contributed by atoms with van der Waals surface area (Å²) >= 11 is 5.21. The van der Waals surface area contributed by atoms with E-state index < -0.39 is 11.7 Å². The molecule has 0 radical (unpaired) electrons. The van der Waals surface area contributed by atoms with Crippen LogP contribution in [0.3, 0.4) is 0 Å². The van der Waals surface area contributed by atoms with Crippen molar-refractivity contribution in [1.29, 1.82) is 0 Å². The molecule has 0 spiro atoms. The fourth-order valence-corrected chi connectivity index (χ4v) is 3.15. The minimum Gasteiger partial charge on any atom is -0.487 e. The van der Waals surface area contributed by atoms with Gasteiger partial charge in [0.15, 0.2) is 5.11 Å². The Hall–Kier alpha value is -3.58. The van der Waals surface area contributed by atoms with Gasteiger partial charge in [-0.15, -0.1) is 0 Å². The van der Waals surface area contributed by atoms with Crippen molar-refractivity contribution in [2.24, 2.45) is 0 Å². The molecule has 29 heavy (non-hydrogen) atoms. The SMILES string of the molecule is O=C1/C(=C\c2ccc(OCc3ccccn3)cc2)NC(=S)N1c1ccccc1F. The molecule has 1 aliphatic heterocycles. The predicted molar refractivity (Wildman–Crippen MR) is 113 cm³/mol. The maximum atomic E-state index is 14.1. The molecule has 0 atom stereocenters. The molecule has 7 heteroatoms. The van der Waals surface area contributed by atoms with E-state index in [1.807, 2.05) is 42.5 Å². The van der Waals surface area contributed by atoms with Crippen LogP contribution in [0.25, 0.3) is 6.08 Å². The van der Waals surface area contributed by atoms with Gasteiger partial charge in [0, 0.05) is 6.20 Å². The first kappa shape index (κ1) is 18.8. The Bertz CT molecular complexity index is 1080. The first-order valence-electron chi connectivity index (χ1n) is 8.86. The molecule has 1 saturated heterocycles. The van der Waals surface area contributed by atoms with E-state index in [2.05, 4.69) is 10.3 Å². The first-order valence-corrected chi connectivity index (χ1v) is 9.27. The highest BCUT2D eigenvalue weighted by Crippen LogP contribution is 2.25. The third-order valence-corrected chi connectivity index (χ3v) is 4.56. The molecule has 1 aromatic heterocycles. The van der Waals surface area contributed by atoms with Gasteiger partial charge in [-0.05, 0) is 60.3 Å². The zero-order valence-corrected chi connectivity index (χ0v) is 16.0. The van der Waals surface area contributed by atoms with E-state index in [1.54, 1.807) is 24.4 Å². The number of para-hydroxylation sites is 1. The quantitative estimate of drug-likeness (QED) is 0.512. The molecule has 1 fully saturated rings. The highest BCUT2D eigenvalue weighted by molar-refractivity contribution is 7.80. The number of anilines is 1. The molecule has 1 aliphatic rings. The summed E-state index contributed by atoms with van der Waals surface area (Å²) < 4.78 is 19.8. The molecule has 144 valence electrons. The number of amides is 1. The topological polar surface area (TPSA) is 54.5 Å². The third-order valence-electron chi connectivity index (χ3n) is 4.28. The van der Waals surface area contributed by atoms with Gasteiger partial charge in [-0.1, -0.05) is 30.3 Å². The van der Waals surface area contributed by atoms with E-state index >= 15 is 0 Å². The number of halogens is 1. The normalized spacial score (nSPS) is 14.9. The highest BCUT2D eigenvalue weighted by Gasteiger charge is 2.33. The number of carbonyl (C=O) groups is 1. The van der Waals surface area contributed by atoms with Crippen LogP contribution in [0, 0.1) is 5.82 Å². The van der Waals surface area contributed by atoms with Crippen molar-refractivity contribution < 1.29 is 13.9 Å². The van der Waals surface area contributed by atoms with Crippen molar-refractivity contribution >= 4 is 35.0 Å². The lowest BCUT2D eigenvalue weighted by atomic mass is 10.2. The van der Waals surface area contributed by atoms with Crippen LogP contribution in [-0.4, -0.2) is 16.0 Å². The summed E-state index contributed by atoms with van der Waals surface area (Å²) in [6.45, 7) is 0.368. The Morgan fingerprint density at radius 2 is 1.83 bits per heavy atom. The summed E-state index contributed by atoms with van der Waals surface area (Å²) in [6.07, 6.45) is 3.38. The molecule has 0 bridgehead atoms. The molecular formula is C22H16FN3O2S. The number of benzene rings is 2. The maximum Gasteiger partial charge on any atom is 0.281 e. The molecule has 2 aromatic carbocycles. The standard InChI is InChI=1S/C22H16FN3O2S/c23-18-6-1-2-7-20(18)26-21(27)19(25-22(26)29)13-15-8-10-17(11-9-15)28-14-16-5-3-4-12-24-16/h1-13H,14H2,(H,25,29)/b19-13+. The number of pyridine rings is 1. The van der Waals surface area contributed by atoms with Gasteiger partial charge in [0.2, 0.25) is 0 Å². The molecule has 0 saturated carbocycles. The number of carbonyl (C=O) groups excluding carboxylic acids is 1. The van der Waals surface area contributed by atoms with Crippen LogP contribution in [0.5, 0.6) is 5.75 Å². The van der Waals surface area contributed by atoms with E-state index in [0.717, 1.165) is 16.2 Å². The second kappa shape index (κ2) is 8.20. The fourth-order valence-electron chi connectivity index (χ4n) is 2.85. The Morgan fingerprint density at radius 3 is 2.55 bits per heavy atom. The van der Waals surface area contributed by atoms with E-state index in [4.69, 9.17) is 17.0 Å². The largest absolute Gasteiger partial charge is 0.487 e. The average molecular weight is 405 g/mol. The minimum absolute atomic E-state index is 0.122. The second-order valence-electron chi connectivity index (χ2n) is 6.26. The van der Waals surface area contributed by atoms with E-state index in [1.165, 1.54) is 12.1 Å². The number of hydrogen-bond donors (Lipinski definition) is 1. The second-order valence-corrected chi connectivity index (χ2v) is 6.65. The minimum atomic E-state index is -0.513. The van der Waals surface area contributed by atoms with Crippen molar-refractivity contribution in [1.82, 2.24) is 10.3 Å². The first-order chi connectivity index (χ1) is 14.1. The van der Waals surface area contributed by atoms with E-state index in [0.29, 0.717) is 12.4 Å². The summed E-state index contributed by atoms with van der Waals surface area (Å²) in [6, 6.07) is 18.9. The lowest BCUT2D eigenvalue weighted by molar-refractivity contribution is -0.113. The number of nitrogens with one attached hydrogen (secondary N) is 1. The van der Waals surface area contributed by atoms with Gasteiger partial charge in [-0.25, -0.2) is 9.29 Å². The fraction of sp³-hybridized carbons (Fsp3) is 0.0455. The Balaban J connectivity index is 1.47. The number of rotatable bonds is 5. The van der Waals surface area contributed by atoms with Crippen molar-refractivity contribution in [2.45, 2.75) is 6.61 Å². The number of nitrogens with zero attached hydrogens (tertiary/aromatic N) is 2. The Labute approximate surface area is 172 Å². The van der Waals surface area contributed by atoms with Gasteiger partial charge in [0.25, 0.3) is 5.91 Å². The zero-order valence-electron chi connectivity index (χ0n) is 15.2. The lowest BCUT2D eigenvalue weighted by Crippen LogP contribution is -2.31. The summed E-state index contributed by atoms with van der Waals surface area (Å²) in [5.74, 6) is -0.233. The molecule has 2 heterocycles. The van der Waals surface area contributed by atoms with Crippen LogP contribution in [-0.2, 0) is 11.4 Å². The van der Waals surface area contributed by atoms with Crippen molar-refractivity contribution in [3.8, 4) is 5.75 Å². The van der Waals surface area contributed by atoms with Crippen LogP contribution in [0.2, 0.25) is 0 Å². The molecule has 4 rings (SSSR count). The number of ether oxygens (including phenoxy) is 1. The maximum absolute atomic E-state index is 14.1. The van der Waals surface area contributed by atoms with E-state index in [-0.39, 0.29) is 16.5 Å². The third kappa shape index (κ3) is 4.14. The summed E-state index contributed by atoms with van der Waals surface area (Å²) in [5.41, 5.74) is 2.02. The van der Waals surface area contributed by atoms with Crippen molar-refractivity contribution in [3.05, 3.63) is 95.7 Å². The Morgan fingerprint density at radius 1 is 1.07 bits per heavy atom. The number of aromatic nitrogens is 1. The summed E-state index contributed by atoms with van der Waals surface area (Å²) in [7, 11) is 0. The molecule has 0 unspecified atom stereocenters. The van der Waals surface area contributed by atoms with Crippen molar-refractivity contribution in [3.63, 3.8) is 0 Å². The smallest absolute Gasteiger partial charge is 0.281 e. The number of thiocarbonyl (C=S) groups is 1. The average Bonchev–Trinajstić information content (AvgIpc) is 3.02. The molecule has 5 nitrogen and oxygen atoms in total. The van der Waals surface area contributed by atoms with Crippen LogP contribution < -0.4 is 15.0 Å². The van der Waals surface area contributed by atoms with Gasteiger partial charge >= 0.3 is 0 Å². The van der Waals surface area contributed by atoms with E-state index in [9.17, 15) is 9.18 Å². The zero-order chi connectivity index (χ0) is 20.2. The van der Waals surface area contributed by atoms with Gasteiger partial charge in [-0.3, -0.25) is 9.78 Å². The Kier molecular flexibility index (Phi) is 5.31. The van der Waals surface area contributed by atoms with Gasteiger partial charge in [0.1, 0.15) is 23.9 Å². The molecule has 1 amide bonds. The number of hydrogen-bond acceptors (Lipinski definition) is 4. The van der Waals surface area contributed by atoms with Gasteiger partial charge in [0.05, 0.1) is 11.4 Å². The monoisotopic (exact) mass is 405 g/mol.